The number of hydrogen-bond acceptors (Lipinski definition) is 8. The van der Waals surface area contributed by atoms with Crippen molar-refractivity contribution < 1.29 is 0 Å². The molecule has 0 radical (unpaired) electrons. The van der Waals surface area contributed by atoms with Crippen LogP contribution in [0.25, 0.3) is 21.9 Å². The minimum atomic E-state index is -0.0684. The fourth-order valence-corrected chi connectivity index (χ4v) is 7.15. The van der Waals surface area contributed by atoms with Crippen LogP contribution in [0, 0.1) is 6.92 Å². The zero-order valence-corrected chi connectivity index (χ0v) is 27.8. The third-order valence-electron chi connectivity index (χ3n) is 10.2. The summed E-state index contributed by atoms with van der Waals surface area (Å²) in [5.41, 5.74) is 5.03. The summed E-state index contributed by atoms with van der Waals surface area (Å²) in [7, 11) is 8.45. The number of nitrogens with zero attached hydrogens (tertiary/aromatic N) is 7. The van der Waals surface area contributed by atoms with Crippen molar-refractivity contribution in [2.45, 2.75) is 58.2 Å². The average molecular weight is 612 g/mol. The van der Waals surface area contributed by atoms with Gasteiger partial charge in [0.25, 0.3) is 5.56 Å². The molecule has 2 fully saturated rings. The summed E-state index contributed by atoms with van der Waals surface area (Å²) in [5, 5.41) is 8.62. The van der Waals surface area contributed by atoms with Crippen molar-refractivity contribution in [2.75, 3.05) is 69.0 Å². The molecule has 0 unspecified atom stereocenters. The number of benzene rings is 1. The SMILES string of the molecule is CCN(c1cc(-c2ccc(N3CCN(C)CC3)nc2)cc2c(NCc3c(C)n(C)[nH]c3=O)nccc12)C1CCC(N(C)C)CC1. The van der Waals surface area contributed by atoms with Crippen LogP contribution < -0.4 is 20.7 Å². The van der Waals surface area contributed by atoms with E-state index in [0.717, 1.165) is 72.1 Å². The average Bonchev–Trinajstić information content (AvgIpc) is 3.30. The first kappa shape index (κ1) is 31.1. The summed E-state index contributed by atoms with van der Waals surface area (Å²) in [6, 6.07) is 12.2. The van der Waals surface area contributed by atoms with Crippen LogP contribution in [-0.4, -0.2) is 95.5 Å². The molecule has 2 N–H and O–H groups in total. The van der Waals surface area contributed by atoms with Gasteiger partial charge in [0.05, 0.1) is 5.56 Å². The lowest BCUT2D eigenvalue weighted by atomic mass is 9.88. The maximum absolute atomic E-state index is 12.6. The molecule has 0 atom stereocenters. The van der Waals surface area contributed by atoms with E-state index in [1.165, 1.54) is 36.8 Å². The number of anilines is 3. The van der Waals surface area contributed by atoms with Gasteiger partial charge >= 0.3 is 0 Å². The monoisotopic (exact) mass is 611 g/mol. The van der Waals surface area contributed by atoms with Gasteiger partial charge in [-0.2, -0.15) is 0 Å². The molecule has 240 valence electrons. The number of likely N-dealkylation sites (N-methyl/N-ethyl adjacent to an activating group) is 1. The van der Waals surface area contributed by atoms with Gasteiger partial charge < -0.3 is 24.9 Å². The van der Waals surface area contributed by atoms with Crippen molar-refractivity contribution >= 4 is 28.1 Å². The zero-order chi connectivity index (χ0) is 31.7. The molecule has 10 heteroatoms. The van der Waals surface area contributed by atoms with Crippen LogP contribution in [-0.2, 0) is 13.6 Å². The van der Waals surface area contributed by atoms with Crippen molar-refractivity contribution in [1.29, 1.82) is 0 Å². The van der Waals surface area contributed by atoms with E-state index < -0.39 is 0 Å². The predicted molar refractivity (Wildman–Crippen MR) is 186 cm³/mol. The molecule has 45 heavy (non-hydrogen) atoms. The number of pyridine rings is 2. The Labute approximate surface area is 267 Å². The molecule has 1 aromatic carbocycles. The molecule has 4 heterocycles. The Morgan fingerprint density at radius 3 is 2.29 bits per heavy atom. The van der Waals surface area contributed by atoms with E-state index in [0.29, 0.717) is 18.6 Å². The number of aromatic amines is 1. The quantitative estimate of drug-likeness (QED) is 0.282. The highest BCUT2D eigenvalue weighted by molar-refractivity contribution is 6.03. The fraction of sp³-hybridized carbons (Fsp3) is 0.514. The molecule has 10 nitrogen and oxygen atoms in total. The second-order valence-corrected chi connectivity index (χ2v) is 13.1. The van der Waals surface area contributed by atoms with Gasteiger partial charge in [-0.05, 0) is 96.6 Å². The lowest BCUT2D eigenvalue weighted by molar-refractivity contribution is 0.214. The van der Waals surface area contributed by atoms with Crippen LogP contribution in [0.15, 0.2) is 47.5 Å². The number of aromatic nitrogens is 4. The number of aryl methyl sites for hydroxylation is 1. The Kier molecular flexibility index (Phi) is 9.14. The first-order valence-electron chi connectivity index (χ1n) is 16.5. The van der Waals surface area contributed by atoms with Gasteiger partial charge in [0.1, 0.15) is 11.6 Å². The summed E-state index contributed by atoms with van der Waals surface area (Å²) < 4.78 is 1.77. The summed E-state index contributed by atoms with van der Waals surface area (Å²) in [5.74, 6) is 1.82. The normalized spacial score (nSPS) is 19.4. The van der Waals surface area contributed by atoms with E-state index in [9.17, 15) is 4.79 Å². The maximum Gasteiger partial charge on any atom is 0.269 e. The molecule has 3 aromatic heterocycles. The Balaban J connectivity index is 1.39. The second kappa shape index (κ2) is 13.2. The van der Waals surface area contributed by atoms with Gasteiger partial charge in [0.15, 0.2) is 0 Å². The predicted octanol–water partition coefficient (Wildman–Crippen LogP) is 4.70. The summed E-state index contributed by atoms with van der Waals surface area (Å²) in [6.07, 6.45) is 8.68. The Morgan fingerprint density at radius 1 is 0.933 bits per heavy atom. The first-order chi connectivity index (χ1) is 21.7. The van der Waals surface area contributed by atoms with Gasteiger partial charge in [0, 0.05) is 98.5 Å². The van der Waals surface area contributed by atoms with E-state index in [2.05, 4.69) is 88.4 Å². The van der Waals surface area contributed by atoms with E-state index in [4.69, 9.17) is 9.97 Å². The van der Waals surface area contributed by atoms with Gasteiger partial charge in [-0.15, -0.1) is 0 Å². The largest absolute Gasteiger partial charge is 0.368 e. The van der Waals surface area contributed by atoms with Crippen molar-refractivity contribution in [3.8, 4) is 11.1 Å². The zero-order valence-electron chi connectivity index (χ0n) is 27.8. The first-order valence-corrected chi connectivity index (χ1v) is 16.5. The minimum Gasteiger partial charge on any atom is -0.368 e. The molecule has 1 aliphatic carbocycles. The van der Waals surface area contributed by atoms with Crippen LogP contribution in [0.5, 0.6) is 0 Å². The summed E-state index contributed by atoms with van der Waals surface area (Å²) in [4.78, 5) is 32.1. The molecular formula is C35H49N9O. The van der Waals surface area contributed by atoms with Crippen molar-refractivity contribution in [1.82, 2.24) is 29.5 Å². The van der Waals surface area contributed by atoms with Crippen LogP contribution in [0.4, 0.5) is 17.3 Å². The highest BCUT2D eigenvalue weighted by Crippen LogP contribution is 2.39. The molecule has 4 aromatic rings. The molecule has 1 saturated heterocycles. The summed E-state index contributed by atoms with van der Waals surface area (Å²) in [6.45, 7) is 9.67. The Hall–Kier alpha value is -3.89. The number of piperazine rings is 1. The highest BCUT2D eigenvalue weighted by Gasteiger charge is 2.28. The Bertz CT molecular complexity index is 1660. The van der Waals surface area contributed by atoms with Crippen LogP contribution >= 0.6 is 0 Å². The molecular weight excluding hydrogens is 562 g/mol. The lowest BCUT2D eigenvalue weighted by Gasteiger charge is -2.40. The van der Waals surface area contributed by atoms with E-state index in [1.54, 1.807) is 4.68 Å². The van der Waals surface area contributed by atoms with Gasteiger partial charge in [-0.3, -0.25) is 14.6 Å². The topological polar surface area (TPSA) is 88.6 Å². The molecule has 0 amide bonds. The molecule has 2 aliphatic rings. The fourth-order valence-electron chi connectivity index (χ4n) is 7.15. The Morgan fingerprint density at radius 2 is 1.67 bits per heavy atom. The lowest BCUT2D eigenvalue weighted by Crippen LogP contribution is -2.44. The highest BCUT2D eigenvalue weighted by atomic mass is 16.1. The number of nitrogens with one attached hydrogen (secondary N) is 2. The number of hydrogen-bond donors (Lipinski definition) is 2. The number of rotatable bonds is 9. The maximum atomic E-state index is 12.6. The molecule has 1 aliphatic heterocycles. The smallest absolute Gasteiger partial charge is 0.269 e. The molecule has 1 saturated carbocycles. The van der Waals surface area contributed by atoms with Crippen LogP contribution in [0.2, 0.25) is 0 Å². The van der Waals surface area contributed by atoms with Crippen LogP contribution in [0.3, 0.4) is 0 Å². The molecule has 0 spiro atoms. The third-order valence-corrected chi connectivity index (χ3v) is 10.2. The van der Waals surface area contributed by atoms with E-state index >= 15 is 0 Å². The molecule has 6 rings (SSSR count). The van der Waals surface area contributed by atoms with Gasteiger partial charge in [-0.1, -0.05) is 0 Å². The second-order valence-electron chi connectivity index (χ2n) is 13.1. The van der Waals surface area contributed by atoms with Crippen LogP contribution in [0.1, 0.15) is 43.9 Å². The van der Waals surface area contributed by atoms with Gasteiger partial charge in [0.2, 0.25) is 0 Å². The molecule has 0 bridgehead atoms. The summed E-state index contributed by atoms with van der Waals surface area (Å²) >= 11 is 0. The van der Waals surface area contributed by atoms with E-state index in [1.807, 2.05) is 26.4 Å². The number of H-pyrrole nitrogens is 1. The minimum absolute atomic E-state index is 0.0684. The van der Waals surface area contributed by atoms with Crippen molar-refractivity contribution in [3.63, 3.8) is 0 Å². The van der Waals surface area contributed by atoms with E-state index in [-0.39, 0.29) is 5.56 Å². The van der Waals surface area contributed by atoms with Crippen molar-refractivity contribution in [2.24, 2.45) is 7.05 Å². The van der Waals surface area contributed by atoms with Crippen molar-refractivity contribution in [3.05, 3.63) is 64.3 Å². The third kappa shape index (κ3) is 6.44. The van der Waals surface area contributed by atoms with Gasteiger partial charge in [-0.25, -0.2) is 9.97 Å². The standard InChI is InChI=1S/C35H49N9O/c1-7-44(28-11-9-27(10-12-28)40(3)4)32-21-26(25-8-13-33(37-22-25)43-18-16-41(5)17-19-43)20-30-29(32)14-15-36-34(30)38-23-31-24(2)42(6)39-35(31)45/h8,13-15,20-22,27-28H,7,9-12,16-19,23H2,1-6H3,(H,36,38)(H,39,45). The number of fused-ring (bicyclic) bond motifs is 1.